The highest BCUT2D eigenvalue weighted by Gasteiger charge is 2.12. The third-order valence-corrected chi connectivity index (χ3v) is 5.15. The quantitative estimate of drug-likeness (QED) is 0.449. The van der Waals surface area contributed by atoms with Crippen LogP contribution in [0.15, 0.2) is 18.7 Å². The SMILES string of the molecule is C=CC(=O)Nc1c(I)cc(I)c(C)c1I. The van der Waals surface area contributed by atoms with E-state index < -0.39 is 0 Å². The van der Waals surface area contributed by atoms with E-state index in [9.17, 15) is 4.79 Å². The van der Waals surface area contributed by atoms with Crippen LogP contribution in [0.3, 0.4) is 0 Å². The molecule has 0 aliphatic carbocycles. The number of hydrogen-bond acceptors (Lipinski definition) is 1. The van der Waals surface area contributed by atoms with E-state index in [-0.39, 0.29) is 5.91 Å². The zero-order valence-electron chi connectivity index (χ0n) is 7.90. The average Bonchev–Trinajstić information content (AvgIpc) is 2.21. The summed E-state index contributed by atoms with van der Waals surface area (Å²) in [6, 6.07) is 2.05. The number of carbonyl (C=O) groups excluding carboxylic acids is 1. The molecular weight excluding hydrogens is 531 g/mol. The van der Waals surface area contributed by atoms with Crippen LogP contribution in [0, 0.1) is 17.6 Å². The molecule has 0 heterocycles. The lowest BCUT2D eigenvalue weighted by Gasteiger charge is -2.12. The average molecular weight is 539 g/mol. The van der Waals surface area contributed by atoms with Gasteiger partial charge in [0, 0.05) is 10.7 Å². The van der Waals surface area contributed by atoms with Gasteiger partial charge >= 0.3 is 0 Å². The topological polar surface area (TPSA) is 29.1 Å². The standard InChI is InChI=1S/C10H8I3NO/c1-3-8(15)14-10-7(12)4-6(11)5(2)9(10)13/h3-4H,1H2,2H3,(H,14,15). The number of benzene rings is 1. The summed E-state index contributed by atoms with van der Waals surface area (Å²) in [5.74, 6) is -0.175. The second-order valence-corrected chi connectivity index (χ2v) is 6.25. The van der Waals surface area contributed by atoms with Gasteiger partial charge in [0.25, 0.3) is 0 Å². The number of rotatable bonds is 2. The molecule has 0 unspecified atom stereocenters. The van der Waals surface area contributed by atoms with E-state index in [1.165, 1.54) is 15.2 Å². The van der Waals surface area contributed by atoms with Crippen LogP contribution in [-0.2, 0) is 4.79 Å². The number of nitrogens with one attached hydrogen (secondary N) is 1. The number of halogens is 3. The van der Waals surface area contributed by atoms with Crippen LogP contribution in [0.5, 0.6) is 0 Å². The number of carbonyl (C=O) groups is 1. The maximum Gasteiger partial charge on any atom is 0.247 e. The first kappa shape index (κ1) is 13.7. The summed E-state index contributed by atoms with van der Waals surface area (Å²) in [6.07, 6.45) is 1.28. The largest absolute Gasteiger partial charge is 0.321 e. The molecule has 0 saturated carbocycles. The highest BCUT2D eigenvalue weighted by atomic mass is 127. The molecule has 0 aliphatic heterocycles. The highest BCUT2D eigenvalue weighted by molar-refractivity contribution is 14.1. The van der Waals surface area contributed by atoms with Crippen molar-refractivity contribution in [1.82, 2.24) is 0 Å². The van der Waals surface area contributed by atoms with Crippen molar-refractivity contribution >= 4 is 79.4 Å². The van der Waals surface area contributed by atoms with Gasteiger partial charge in [-0.25, -0.2) is 0 Å². The van der Waals surface area contributed by atoms with Crippen molar-refractivity contribution in [3.05, 3.63) is 35.0 Å². The first-order valence-corrected chi connectivity index (χ1v) is 7.28. The predicted molar refractivity (Wildman–Crippen MR) is 88.2 cm³/mol. The Balaban J connectivity index is 3.23. The normalized spacial score (nSPS) is 9.87. The third kappa shape index (κ3) is 3.29. The van der Waals surface area contributed by atoms with Gasteiger partial charge in [-0.3, -0.25) is 4.79 Å². The minimum absolute atomic E-state index is 0.175. The maximum atomic E-state index is 11.2. The van der Waals surface area contributed by atoms with Crippen molar-refractivity contribution in [2.75, 3.05) is 5.32 Å². The zero-order valence-corrected chi connectivity index (χ0v) is 14.4. The van der Waals surface area contributed by atoms with E-state index in [4.69, 9.17) is 0 Å². The third-order valence-electron chi connectivity index (χ3n) is 1.83. The fourth-order valence-corrected chi connectivity index (χ4v) is 4.62. The van der Waals surface area contributed by atoms with Crippen LogP contribution in [0.25, 0.3) is 0 Å². The van der Waals surface area contributed by atoms with E-state index in [0.717, 1.165) is 12.8 Å². The molecule has 0 radical (unpaired) electrons. The van der Waals surface area contributed by atoms with E-state index in [0.29, 0.717) is 0 Å². The number of amides is 1. The summed E-state index contributed by atoms with van der Waals surface area (Å²) >= 11 is 6.76. The van der Waals surface area contributed by atoms with E-state index >= 15 is 0 Å². The fraction of sp³-hybridized carbons (Fsp3) is 0.100. The van der Waals surface area contributed by atoms with Gasteiger partial charge in [0.15, 0.2) is 0 Å². The van der Waals surface area contributed by atoms with Gasteiger partial charge in [0.2, 0.25) is 5.91 Å². The Bertz CT molecular complexity index is 429. The van der Waals surface area contributed by atoms with Crippen molar-refractivity contribution in [2.24, 2.45) is 0 Å². The second-order valence-electron chi connectivity index (χ2n) is 2.85. The number of hydrogen-bond donors (Lipinski definition) is 1. The van der Waals surface area contributed by atoms with Gasteiger partial charge < -0.3 is 5.32 Å². The lowest BCUT2D eigenvalue weighted by molar-refractivity contribution is -0.111. The van der Waals surface area contributed by atoms with Crippen LogP contribution < -0.4 is 5.32 Å². The van der Waals surface area contributed by atoms with Crippen LogP contribution in [0.2, 0.25) is 0 Å². The van der Waals surface area contributed by atoms with E-state index in [1.807, 2.05) is 6.92 Å². The summed E-state index contributed by atoms with van der Waals surface area (Å²) in [7, 11) is 0. The van der Waals surface area contributed by atoms with Gasteiger partial charge in [0.1, 0.15) is 0 Å². The molecule has 0 spiro atoms. The summed E-state index contributed by atoms with van der Waals surface area (Å²) in [5.41, 5.74) is 2.06. The van der Waals surface area contributed by atoms with Crippen LogP contribution >= 0.6 is 67.8 Å². The first-order chi connectivity index (χ1) is 6.97. The maximum absolute atomic E-state index is 11.2. The summed E-state index contributed by atoms with van der Waals surface area (Å²) in [5, 5.41) is 2.82. The van der Waals surface area contributed by atoms with Crippen LogP contribution in [0.4, 0.5) is 5.69 Å². The predicted octanol–water partition coefficient (Wildman–Crippen LogP) is 3.93. The van der Waals surface area contributed by atoms with E-state index in [2.05, 4.69) is 85.7 Å². The van der Waals surface area contributed by atoms with Gasteiger partial charge in [-0.05, 0) is 92.4 Å². The molecule has 80 valence electrons. The fourth-order valence-electron chi connectivity index (χ4n) is 0.978. The molecule has 0 fully saturated rings. The van der Waals surface area contributed by atoms with Gasteiger partial charge in [0.05, 0.1) is 5.69 Å². The molecule has 0 bridgehead atoms. The van der Waals surface area contributed by atoms with Crippen molar-refractivity contribution in [3.63, 3.8) is 0 Å². The zero-order chi connectivity index (χ0) is 11.6. The van der Waals surface area contributed by atoms with Gasteiger partial charge in [-0.15, -0.1) is 0 Å². The molecule has 0 atom stereocenters. The molecule has 1 amide bonds. The Labute approximate surface area is 130 Å². The Morgan fingerprint density at radius 2 is 2.00 bits per heavy atom. The Kier molecular flexibility index (Phi) is 5.29. The first-order valence-electron chi connectivity index (χ1n) is 4.05. The molecule has 1 aromatic rings. The summed E-state index contributed by atoms with van der Waals surface area (Å²) in [6.45, 7) is 5.48. The summed E-state index contributed by atoms with van der Waals surface area (Å²) in [4.78, 5) is 11.2. The minimum Gasteiger partial charge on any atom is -0.321 e. The molecule has 0 saturated heterocycles. The van der Waals surface area contributed by atoms with Crippen LogP contribution in [-0.4, -0.2) is 5.91 Å². The van der Waals surface area contributed by atoms with Gasteiger partial charge in [-0.1, -0.05) is 6.58 Å². The van der Waals surface area contributed by atoms with Crippen molar-refractivity contribution in [2.45, 2.75) is 6.92 Å². The number of anilines is 1. The van der Waals surface area contributed by atoms with Crippen molar-refractivity contribution in [3.8, 4) is 0 Å². The Hall–Kier alpha value is 0.620. The molecular formula is C10H8I3NO. The molecule has 1 aromatic carbocycles. The highest BCUT2D eigenvalue weighted by Crippen LogP contribution is 2.30. The monoisotopic (exact) mass is 539 g/mol. The smallest absolute Gasteiger partial charge is 0.247 e. The molecule has 1 rings (SSSR count). The minimum atomic E-state index is -0.175. The molecule has 5 heteroatoms. The lowest BCUT2D eigenvalue weighted by atomic mass is 10.2. The molecule has 1 N–H and O–H groups in total. The van der Waals surface area contributed by atoms with Crippen LogP contribution in [0.1, 0.15) is 5.56 Å². The molecule has 0 aliphatic rings. The van der Waals surface area contributed by atoms with Crippen molar-refractivity contribution in [1.29, 1.82) is 0 Å². The second kappa shape index (κ2) is 5.80. The Morgan fingerprint density at radius 3 is 2.53 bits per heavy atom. The van der Waals surface area contributed by atoms with Crippen molar-refractivity contribution < 1.29 is 4.79 Å². The Morgan fingerprint density at radius 1 is 1.40 bits per heavy atom. The molecule has 0 aromatic heterocycles. The molecule has 2 nitrogen and oxygen atoms in total. The summed E-state index contributed by atoms with van der Waals surface area (Å²) < 4.78 is 3.33. The van der Waals surface area contributed by atoms with Gasteiger partial charge in [-0.2, -0.15) is 0 Å². The lowest BCUT2D eigenvalue weighted by Crippen LogP contribution is -2.11. The van der Waals surface area contributed by atoms with E-state index in [1.54, 1.807) is 0 Å². The molecule has 15 heavy (non-hydrogen) atoms.